The quantitative estimate of drug-likeness (QED) is 0.448. The lowest BCUT2D eigenvalue weighted by molar-refractivity contribution is -0.153. The van der Waals surface area contributed by atoms with Gasteiger partial charge in [0, 0.05) is 30.6 Å². The van der Waals surface area contributed by atoms with E-state index in [0.29, 0.717) is 22.4 Å². The highest BCUT2D eigenvalue weighted by Gasteiger charge is 2.43. The Labute approximate surface area is 216 Å². The molecule has 198 valence electrons. The number of fused-ring (bicyclic) bond motifs is 1. The van der Waals surface area contributed by atoms with Crippen molar-refractivity contribution in [2.45, 2.75) is 51.6 Å². The number of carbonyl (C=O) groups excluding carboxylic acids is 3. The summed E-state index contributed by atoms with van der Waals surface area (Å²) < 4.78 is 46.2. The number of methoxy groups -OCH3 is 1. The normalized spacial score (nSPS) is 17.8. The Morgan fingerprint density at radius 1 is 1.05 bits per heavy atom. The largest absolute Gasteiger partial charge is 0.497 e. The van der Waals surface area contributed by atoms with E-state index in [1.807, 2.05) is 0 Å². The van der Waals surface area contributed by atoms with E-state index in [-0.39, 0.29) is 50.0 Å². The van der Waals surface area contributed by atoms with Gasteiger partial charge in [0.1, 0.15) is 17.5 Å². The molecular formula is C27H25F3N4O4. The fourth-order valence-corrected chi connectivity index (χ4v) is 4.97. The number of ether oxygens (including phenoxy) is 1. The number of hydrogen-bond acceptors (Lipinski definition) is 5. The molecular weight excluding hydrogens is 501 g/mol. The lowest BCUT2D eigenvalue weighted by Crippen LogP contribution is -2.54. The topological polar surface area (TPSA) is 84.7 Å². The van der Waals surface area contributed by atoms with Gasteiger partial charge in [0.15, 0.2) is 0 Å². The first-order valence-electron chi connectivity index (χ1n) is 12.2. The number of rotatable bonds is 6. The minimum absolute atomic E-state index is 0.0571. The highest BCUT2D eigenvalue weighted by atomic mass is 19.4. The molecule has 0 saturated carbocycles. The maximum Gasteiger partial charge on any atom is 0.433 e. The molecule has 8 nitrogen and oxygen atoms in total. The summed E-state index contributed by atoms with van der Waals surface area (Å²) in [5.41, 5.74) is 1.48. The Morgan fingerprint density at radius 3 is 2.42 bits per heavy atom. The van der Waals surface area contributed by atoms with Crippen molar-refractivity contribution in [3.05, 3.63) is 70.9 Å². The van der Waals surface area contributed by atoms with Crippen molar-refractivity contribution in [2.24, 2.45) is 0 Å². The molecule has 0 bridgehead atoms. The van der Waals surface area contributed by atoms with Gasteiger partial charge < -0.3 is 9.64 Å². The summed E-state index contributed by atoms with van der Waals surface area (Å²) in [5, 5.41) is 4.09. The van der Waals surface area contributed by atoms with E-state index in [1.54, 1.807) is 56.5 Å². The molecule has 3 heterocycles. The molecule has 0 radical (unpaired) electrons. The first-order valence-corrected chi connectivity index (χ1v) is 12.2. The van der Waals surface area contributed by atoms with Crippen molar-refractivity contribution >= 4 is 17.7 Å². The van der Waals surface area contributed by atoms with Gasteiger partial charge in [-0.2, -0.15) is 18.3 Å². The third-order valence-electron chi connectivity index (χ3n) is 6.96. The van der Waals surface area contributed by atoms with Gasteiger partial charge in [-0.25, -0.2) is 0 Å². The summed E-state index contributed by atoms with van der Waals surface area (Å²) in [6, 6.07) is 12.0. The summed E-state index contributed by atoms with van der Waals surface area (Å²) >= 11 is 0. The number of imide groups is 1. The van der Waals surface area contributed by atoms with Crippen LogP contribution in [0, 0.1) is 0 Å². The van der Waals surface area contributed by atoms with Crippen LogP contribution in [0.3, 0.4) is 0 Å². The van der Waals surface area contributed by atoms with Crippen LogP contribution in [0.2, 0.25) is 0 Å². The standard InChI is InChI=1S/C27H25F3N4O4/c1-3-34-23(27(28,29)30)13-21(31-34)17-6-9-20-18(12-17)15-32(25(20)36)22-10-11-24(35)33(26(22)37)14-16-4-7-19(38-2)8-5-16/h4-9,12-13,22H,3,10-11,14-15H2,1-2H3. The SMILES string of the molecule is CCn1nc(-c2ccc3c(c2)CN(C2CCC(=O)N(Cc4ccc(OC)cc4)C2=O)C3=O)cc1C(F)(F)F. The predicted octanol–water partition coefficient (Wildman–Crippen LogP) is 4.27. The number of piperidine rings is 1. The van der Waals surface area contributed by atoms with Crippen LogP contribution in [0.4, 0.5) is 13.2 Å². The highest BCUT2D eigenvalue weighted by molar-refractivity contribution is 6.05. The number of aryl methyl sites for hydroxylation is 1. The maximum absolute atomic E-state index is 13.4. The van der Waals surface area contributed by atoms with E-state index in [2.05, 4.69) is 5.10 Å². The number of benzene rings is 2. The molecule has 1 aromatic heterocycles. The molecule has 2 aliphatic rings. The average Bonchev–Trinajstić information content (AvgIpc) is 3.48. The number of alkyl halides is 3. The van der Waals surface area contributed by atoms with E-state index in [0.717, 1.165) is 16.3 Å². The molecule has 1 unspecified atom stereocenters. The molecule has 2 aromatic carbocycles. The zero-order valence-corrected chi connectivity index (χ0v) is 20.8. The third-order valence-corrected chi connectivity index (χ3v) is 6.96. The molecule has 3 aromatic rings. The number of hydrogen-bond donors (Lipinski definition) is 0. The number of likely N-dealkylation sites (tertiary alicyclic amines) is 1. The van der Waals surface area contributed by atoms with Crippen molar-refractivity contribution < 1.29 is 32.3 Å². The van der Waals surface area contributed by atoms with Gasteiger partial charge >= 0.3 is 6.18 Å². The minimum Gasteiger partial charge on any atom is -0.497 e. The third kappa shape index (κ3) is 4.52. The Bertz CT molecular complexity index is 1410. The van der Waals surface area contributed by atoms with Crippen LogP contribution in [0.1, 0.15) is 46.9 Å². The molecule has 5 rings (SSSR count). The van der Waals surface area contributed by atoms with E-state index < -0.39 is 23.8 Å². The fraction of sp³-hybridized carbons (Fsp3) is 0.333. The van der Waals surface area contributed by atoms with E-state index >= 15 is 0 Å². The van der Waals surface area contributed by atoms with Crippen LogP contribution < -0.4 is 4.74 Å². The number of nitrogens with zero attached hydrogens (tertiary/aromatic N) is 4. The maximum atomic E-state index is 13.4. The Balaban J connectivity index is 1.37. The zero-order chi connectivity index (χ0) is 27.2. The Morgan fingerprint density at radius 2 is 1.79 bits per heavy atom. The molecule has 0 N–H and O–H groups in total. The molecule has 0 aliphatic carbocycles. The molecule has 0 spiro atoms. The summed E-state index contributed by atoms with van der Waals surface area (Å²) in [7, 11) is 1.54. The Hall–Kier alpha value is -4.15. The van der Waals surface area contributed by atoms with E-state index in [4.69, 9.17) is 4.74 Å². The fourth-order valence-electron chi connectivity index (χ4n) is 4.97. The zero-order valence-electron chi connectivity index (χ0n) is 20.8. The van der Waals surface area contributed by atoms with Crippen LogP contribution in [0.15, 0.2) is 48.5 Å². The summed E-state index contributed by atoms with van der Waals surface area (Å²) in [6.45, 7) is 1.83. The second-order valence-electron chi connectivity index (χ2n) is 9.25. The molecule has 3 amide bonds. The van der Waals surface area contributed by atoms with Crippen LogP contribution in [-0.2, 0) is 35.4 Å². The summed E-state index contributed by atoms with van der Waals surface area (Å²) in [4.78, 5) is 41.8. The van der Waals surface area contributed by atoms with Crippen molar-refractivity contribution in [3.63, 3.8) is 0 Å². The lowest BCUT2D eigenvalue weighted by atomic mass is 10.0. The van der Waals surface area contributed by atoms with Crippen LogP contribution in [0.25, 0.3) is 11.3 Å². The summed E-state index contributed by atoms with van der Waals surface area (Å²) in [6.07, 6.45) is -4.22. The first-order chi connectivity index (χ1) is 18.1. The minimum atomic E-state index is -4.54. The highest BCUT2D eigenvalue weighted by Crippen LogP contribution is 2.35. The molecule has 11 heteroatoms. The van der Waals surface area contributed by atoms with Gasteiger partial charge in [-0.15, -0.1) is 0 Å². The molecule has 1 fully saturated rings. The van der Waals surface area contributed by atoms with Crippen LogP contribution in [0.5, 0.6) is 5.75 Å². The van der Waals surface area contributed by atoms with Gasteiger partial charge in [0.05, 0.1) is 19.3 Å². The molecule has 1 saturated heterocycles. The molecule has 38 heavy (non-hydrogen) atoms. The first kappa shape index (κ1) is 25.5. The number of carbonyl (C=O) groups is 3. The molecule has 1 atom stereocenters. The molecule has 2 aliphatic heterocycles. The van der Waals surface area contributed by atoms with E-state index in [1.165, 1.54) is 9.80 Å². The van der Waals surface area contributed by atoms with Crippen LogP contribution in [-0.4, -0.2) is 50.5 Å². The van der Waals surface area contributed by atoms with Crippen LogP contribution >= 0.6 is 0 Å². The lowest BCUT2D eigenvalue weighted by Gasteiger charge is -2.35. The number of amides is 3. The number of aromatic nitrogens is 2. The van der Waals surface area contributed by atoms with Gasteiger partial charge in [-0.3, -0.25) is 24.0 Å². The van der Waals surface area contributed by atoms with E-state index in [9.17, 15) is 27.6 Å². The number of halogens is 3. The second-order valence-corrected chi connectivity index (χ2v) is 9.25. The summed E-state index contributed by atoms with van der Waals surface area (Å²) in [5.74, 6) is -0.451. The predicted molar refractivity (Wildman–Crippen MR) is 130 cm³/mol. The monoisotopic (exact) mass is 526 g/mol. The van der Waals surface area contributed by atoms with Gasteiger partial charge in [0.2, 0.25) is 5.91 Å². The van der Waals surface area contributed by atoms with Gasteiger partial charge in [0.25, 0.3) is 11.8 Å². The second kappa shape index (κ2) is 9.62. The van der Waals surface area contributed by atoms with Gasteiger partial charge in [-0.05, 0) is 54.8 Å². The van der Waals surface area contributed by atoms with Crippen molar-refractivity contribution in [1.82, 2.24) is 19.6 Å². The van der Waals surface area contributed by atoms with Crippen molar-refractivity contribution in [3.8, 4) is 17.0 Å². The smallest absolute Gasteiger partial charge is 0.433 e. The van der Waals surface area contributed by atoms with Crippen molar-refractivity contribution in [2.75, 3.05) is 7.11 Å². The Kier molecular flexibility index (Phi) is 6.46. The van der Waals surface area contributed by atoms with Gasteiger partial charge in [-0.1, -0.05) is 18.2 Å². The van der Waals surface area contributed by atoms with Crippen molar-refractivity contribution in [1.29, 1.82) is 0 Å². The average molecular weight is 527 g/mol.